The minimum Gasteiger partial charge on any atom is -0.365 e. The van der Waals surface area contributed by atoms with Crippen LogP contribution in [0.2, 0.25) is 0 Å². The summed E-state index contributed by atoms with van der Waals surface area (Å²) in [7, 11) is 0. The van der Waals surface area contributed by atoms with Gasteiger partial charge in [0.15, 0.2) is 0 Å². The van der Waals surface area contributed by atoms with Crippen LogP contribution in [0.3, 0.4) is 0 Å². The molecule has 8 heteroatoms. The maximum absolute atomic E-state index is 13.4. The van der Waals surface area contributed by atoms with Gasteiger partial charge >= 0.3 is 0 Å². The lowest BCUT2D eigenvalue weighted by Gasteiger charge is -2.50. The predicted octanol–water partition coefficient (Wildman–Crippen LogP) is 3.62. The first-order valence-corrected chi connectivity index (χ1v) is 12.6. The van der Waals surface area contributed by atoms with Crippen molar-refractivity contribution in [3.8, 4) is 0 Å². The zero-order valence-corrected chi connectivity index (χ0v) is 19.1. The zero-order valence-electron chi connectivity index (χ0n) is 18.2. The molecule has 1 saturated heterocycles. The van der Waals surface area contributed by atoms with Crippen LogP contribution >= 0.6 is 11.3 Å². The highest BCUT2D eigenvalue weighted by Gasteiger charge is 2.43. The molecule has 2 atom stereocenters. The molecule has 3 heterocycles. The number of hydrogen-bond acceptors (Lipinski definition) is 6. The van der Waals surface area contributed by atoms with E-state index in [9.17, 15) is 14.9 Å². The van der Waals surface area contributed by atoms with Gasteiger partial charge in [0.05, 0.1) is 16.9 Å². The summed E-state index contributed by atoms with van der Waals surface area (Å²) in [6, 6.07) is 10.0. The molecule has 0 unspecified atom stereocenters. The molecule has 2 aromatic rings. The highest BCUT2D eigenvalue weighted by atomic mass is 32.1. The SMILES string of the molecule is O=C(NCCc1cccs1)[C@H]1Cc2cc([N+](=O)[O-])ccc2N2CCN(C3CCCC3)C[C@H]12. The number of piperazine rings is 1. The predicted molar refractivity (Wildman–Crippen MR) is 126 cm³/mol. The summed E-state index contributed by atoms with van der Waals surface area (Å²) in [4.78, 5) is 30.5. The first kappa shape index (κ1) is 21.4. The van der Waals surface area contributed by atoms with Crippen LogP contribution in [0, 0.1) is 16.0 Å². The standard InChI is InChI=1S/C24H30N4O3S/c29-24(25-10-9-20-6-3-13-32-20)21-15-17-14-19(28(30)31)7-8-22(17)27-12-11-26(16-23(21)27)18-4-1-2-5-18/h3,6-8,13-14,18,21,23H,1-2,4-5,9-12,15-16H2,(H,25,29)/t21-,23+/m0/s1. The molecule has 170 valence electrons. The molecular formula is C24H30N4O3S. The van der Waals surface area contributed by atoms with Crippen molar-refractivity contribution in [1.82, 2.24) is 10.2 Å². The van der Waals surface area contributed by atoms with Crippen LogP contribution in [0.5, 0.6) is 0 Å². The third kappa shape index (κ3) is 4.26. The van der Waals surface area contributed by atoms with Crippen LogP contribution in [0.4, 0.5) is 11.4 Å². The lowest BCUT2D eigenvalue weighted by molar-refractivity contribution is -0.384. The van der Waals surface area contributed by atoms with Crippen LogP contribution in [-0.4, -0.2) is 54.0 Å². The summed E-state index contributed by atoms with van der Waals surface area (Å²) < 4.78 is 0. The number of amides is 1. The summed E-state index contributed by atoms with van der Waals surface area (Å²) in [5.74, 6) is -0.126. The molecule has 32 heavy (non-hydrogen) atoms. The Labute approximate surface area is 192 Å². The Bertz CT molecular complexity index is 974. The van der Waals surface area contributed by atoms with Crippen LogP contribution in [0.15, 0.2) is 35.7 Å². The Morgan fingerprint density at radius 3 is 2.81 bits per heavy atom. The van der Waals surface area contributed by atoms with Crippen molar-refractivity contribution in [3.05, 3.63) is 56.3 Å². The highest BCUT2D eigenvalue weighted by molar-refractivity contribution is 7.09. The maximum atomic E-state index is 13.4. The van der Waals surface area contributed by atoms with E-state index < -0.39 is 0 Å². The summed E-state index contributed by atoms with van der Waals surface area (Å²) >= 11 is 1.71. The largest absolute Gasteiger partial charge is 0.365 e. The Balaban J connectivity index is 1.37. The number of nitro benzene ring substituents is 1. The van der Waals surface area contributed by atoms with E-state index in [1.165, 1.54) is 30.6 Å². The van der Waals surface area contributed by atoms with Gasteiger partial charge in [-0.2, -0.15) is 0 Å². The summed E-state index contributed by atoms with van der Waals surface area (Å²) in [6.07, 6.45) is 6.51. The van der Waals surface area contributed by atoms with Gasteiger partial charge < -0.3 is 10.2 Å². The Hall–Kier alpha value is -2.45. The number of non-ortho nitro benzene ring substituents is 1. The van der Waals surface area contributed by atoms with E-state index in [4.69, 9.17) is 0 Å². The number of carbonyl (C=O) groups excluding carboxylic acids is 1. The van der Waals surface area contributed by atoms with Crippen molar-refractivity contribution in [2.75, 3.05) is 31.1 Å². The summed E-state index contributed by atoms with van der Waals surface area (Å²) in [5, 5.41) is 16.6. The van der Waals surface area contributed by atoms with Gasteiger partial charge in [-0.15, -0.1) is 11.3 Å². The second kappa shape index (κ2) is 9.19. The van der Waals surface area contributed by atoms with Crippen molar-refractivity contribution >= 4 is 28.6 Å². The van der Waals surface area contributed by atoms with E-state index in [0.29, 0.717) is 19.0 Å². The summed E-state index contributed by atoms with van der Waals surface area (Å²) in [6.45, 7) is 3.37. The van der Waals surface area contributed by atoms with Crippen LogP contribution in [0.1, 0.15) is 36.1 Å². The fourth-order valence-corrected chi connectivity index (χ4v) is 6.45. The molecule has 1 saturated carbocycles. The highest BCUT2D eigenvalue weighted by Crippen LogP contribution is 2.39. The number of nitrogens with one attached hydrogen (secondary N) is 1. The quantitative estimate of drug-likeness (QED) is 0.533. The summed E-state index contributed by atoms with van der Waals surface area (Å²) in [5.41, 5.74) is 2.08. The molecule has 1 aromatic heterocycles. The third-order valence-electron chi connectivity index (χ3n) is 7.37. The molecule has 0 bridgehead atoms. The fourth-order valence-electron chi connectivity index (χ4n) is 5.74. The number of carbonyl (C=O) groups is 1. The number of nitrogens with zero attached hydrogens (tertiary/aromatic N) is 3. The molecule has 0 spiro atoms. The molecule has 1 aliphatic carbocycles. The molecule has 1 amide bonds. The molecule has 2 aliphatic heterocycles. The van der Waals surface area contributed by atoms with Gasteiger partial charge in [-0.1, -0.05) is 18.9 Å². The van der Waals surface area contributed by atoms with E-state index in [1.54, 1.807) is 23.5 Å². The molecule has 1 N–H and O–H groups in total. The third-order valence-corrected chi connectivity index (χ3v) is 8.30. The van der Waals surface area contributed by atoms with E-state index in [0.717, 1.165) is 37.3 Å². The minimum absolute atomic E-state index is 0.0713. The maximum Gasteiger partial charge on any atom is 0.269 e. The Morgan fingerprint density at radius 1 is 1.22 bits per heavy atom. The average Bonchev–Trinajstić information content (AvgIpc) is 3.52. The molecule has 1 aromatic carbocycles. The molecule has 0 radical (unpaired) electrons. The van der Waals surface area contributed by atoms with Crippen LogP contribution in [0.25, 0.3) is 0 Å². The van der Waals surface area contributed by atoms with Crippen molar-refractivity contribution in [3.63, 3.8) is 0 Å². The lowest BCUT2D eigenvalue weighted by atomic mass is 9.82. The van der Waals surface area contributed by atoms with Crippen molar-refractivity contribution < 1.29 is 9.72 Å². The number of benzene rings is 1. The van der Waals surface area contributed by atoms with E-state index in [-0.39, 0.29) is 28.5 Å². The first-order chi connectivity index (χ1) is 15.6. The Kier molecular flexibility index (Phi) is 6.15. The molecule has 7 nitrogen and oxygen atoms in total. The normalized spacial score (nSPS) is 23.6. The van der Waals surface area contributed by atoms with E-state index in [2.05, 4.69) is 26.6 Å². The minimum atomic E-state index is -0.347. The van der Waals surface area contributed by atoms with Crippen molar-refractivity contribution in [2.24, 2.45) is 5.92 Å². The smallest absolute Gasteiger partial charge is 0.269 e. The van der Waals surface area contributed by atoms with Crippen LogP contribution in [-0.2, 0) is 17.6 Å². The van der Waals surface area contributed by atoms with Gasteiger partial charge in [0, 0.05) is 54.9 Å². The number of fused-ring (bicyclic) bond motifs is 3. The number of rotatable bonds is 6. The number of anilines is 1. The van der Waals surface area contributed by atoms with Gasteiger partial charge in [-0.25, -0.2) is 0 Å². The van der Waals surface area contributed by atoms with Gasteiger partial charge in [-0.05, 0) is 48.8 Å². The van der Waals surface area contributed by atoms with Crippen molar-refractivity contribution in [2.45, 2.75) is 50.6 Å². The van der Waals surface area contributed by atoms with Crippen molar-refractivity contribution in [1.29, 1.82) is 0 Å². The van der Waals surface area contributed by atoms with E-state index in [1.807, 2.05) is 12.1 Å². The lowest BCUT2D eigenvalue weighted by Crippen LogP contribution is -2.62. The number of hydrogen-bond donors (Lipinski definition) is 1. The fraction of sp³-hybridized carbons (Fsp3) is 0.542. The van der Waals surface area contributed by atoms with E-state index >= 15 is 0 Å². The number of nitro groups is 1. The first-order valence-electron chi connectivity index (χ1n) is 11.7. The van der Waals surface area contributed by atoms with Gasteiger partial charge in [0.1, 0.15) is 0 Å². The second-order valence-corrected chi connectivity index (χ2v) is 10.2. The molecular weight excluding hydrogens is 424 g/mol. The number of thiophene rings is 1. The van der Waals surface area contributed by atoms with Crippen LogP contribution < -0.4 is 10.2 Å². The van der Waals surface area contributed by atoms with Gasteiger partial charge in [0.25, 0.3) is 5.69 Å². The molecule has 3 aliphatic rings. The topological polar surface area (TPSA) is 78.7 Å². The van der Waals surface area contributed by atoms with Gasteiger partial charge in [0.2, 0.25) is 5.91 Å². The molecule has 2 fully saturated rings. The zero-order chi connectivity index (χ0) is 22.1. The average molecular weight is 455 g/mol. The monoisotopic (exact) mass is 454 g/mol. The second-order valence-electron chi connectivity index (χ2n) is 9.20. The van der Waals surface area contributed by atoms with Gasteiger partial charge in [-0.3, -0.25) is 19.8 Å². The Morgan fingerprint density at radius 2 is 2.06 bits per heavy atom. The molecule has 5 rings (SSSR count).